The first kappa shape index (κ1) is 15.7. The Morgan fingerprint density at radius 2 is 2.00 bits per heavy atom. The summed E-state index contributed by atoms with van der Waals surface area (Å²) < 4.78 is 28.8. The van der Waals surface area contributed by atoms with Gasteiger partial charge in [-0.15, -0.1) is 0 Å². The van der Waals surface area contributed by atoms with Crippen molar-refractivity contribution in [2.24, 2.45) is 5.41 Å². The van der Waals surface area contributed by atoms with Gasteiger partial charge in [-0.05, 0) is 43.4 Å². The maximum Gasteiger partial charge on any atom is 0.350 e. The molecule has 2 aliphatic rings. The van der Waals surface area contributed by atoms with Gasteiger partial charge in [0.05, 0.1) is 0 Å². The summed E-state index contributed by atoms with van der Waals surface area (Å²) >= 11 is 5.76. The minimum absolute atomic E-state index is 0.197. The highest BCUT2D eigenvalue weighted by molar-refractivity contribution is 6.30. The number of nitrogens with one attached hydrogen (secondary N) is 1. The number of alkyl halides is 2. The molecule has 1 aromatic carbocycles. The monoisotopic (exact) mass is 328 g/mol. The van der Waals surface area contributed by atoms with Crippen LogP contribution in [0.25, 0.3) is 0 Å². The van der Waals surface area contributed by atoms with Crippen LogP contribution in [0.5, 0.6) is 0 Å². The molecule has 1 N–H and O–H groups in total. The predicted octanol–water partition coefficient (Wildman–Crippen LogP) is 3.03. The molecule has 2 fully saturated rings. The van der Waals surface area contributed by atoms with Gasteiger partial charge < -0.3 is 10.2 Å². The maximum absolute atomic E-state index is 14.4. The average Bonchev–Trinajstić information content (AvgIpc) is 2.95. The van der Waals surface area contributed by atoms with Crippen LogP contribution in [-0.4, -0.2) is 37.0 Å². The molecule has 22 heavy (non-hydrogen) atoms. The van der Waals surface area contributed by atoms with Crippen molar-refractivity contribution in [1.82, 2.24) is 10.2 Å². The van der Waals surface area contributed by atoms with Crippen molar-refractivity contribution in [3.8, 4) is 0 Å². The Labute approximate surface area is 133 Å². The van der Waals surface area contributed by atoms with Crippen molar-refractivity contribution in [2.75, 3.05) is 26.2 Å². The molecule has 6 heteroatoms. The van der Waals surface area contributed by atoms with Crippen LogP contribution in [-0.2, 0) is 10.7 Å². The first-order valence-corrected chi connectivity index (χ1v) is 7.95. The highest BCUT2D eigenvalue weighted by atomic mass is 35.5. The summed E-state index contributed by atoms with van der Waals surface area (Å²) in [5.41, 5.74) is -0.143. The standard InChI is InChI=1S/C16H19ClF2N2O/c17-13-3-1-2-12(10-13)16(18,19)14(22)21-8-5-15(6-9-21)4-7-20-11-15/h1-3,10,20H,4-9,11H2. The van der Waals surface area contributed by atoms with Crippen LogP contribution in [0.3, 0.4) is 0 Å². The summed E-state index contributed by atoms with van der Waals surface area (Å²) in [6.45, 7) is 2.71. The molecule has 2 saturated heterocycles. The van der Waals surface area contributed by atoms with Crippen LogP contribution in [0.1, 0.15) is 24.8 Å². The number of hydrogen-bond donors (Lipinski definition) is 1. The van der Waals surface area contributed by atoms with Gasteiger partial charge in [0, 0.05) is 30.2 Å². The van der Waals surface area contributed by atoms with Crippen LogP contribution in [0.4, 0.5) is 8.78 Å². The molecular formula is C16H19ClF2N2O. The van der Waals surface area contributed by atoms with Crippen molar-refractivity contribution >= 4 is 17.5 Å². The summed E-state index contributed by atoms with van der Waals surface area (Å²) in [6.07, 6.45) is 2.65. The van der Waals surface area contributed by atoms with E-state index >= 15 is 0 Å². The lowest BCUT2D eigenvalue weighted by atomic mass is 9.77. The zero-order valence-electron chi connectivity index (χ0n) is 12.2. The van der Waals surface area contributed by atoms with Gasteiger partial charge in [0.1, 0.15) is 0 Å². The highest BCUT2D eigenvalue weighted by Gasteiger charge is 2.46. The molecule has 1 amide bonds. The number of carbonyl (C=O) groups excluding carboxylic acids is 1. The number of halogens is 3. The van der Waals surface area contributed by atoms with E-state index in [1.807, 2.05) is 0 Å². The van der Waals surface area contributed by atoms with Gasteiger partial charge in [-0.1, -0.05) is 23.7 Å². The van der Waals surface area contributed by atoms with Crippen molar-refractivity contribution in [1.29, 1.82) is 0 Å². The minimum Gasteiger partial charge on any atom is -0.337 e. The lowest BCUT2D eigenvalue weighted by Gasteiger charge is -2.39. The highest BCUT2D eigenvalue weighted by Crippen LogP contribution is 2.39. The van der Waals surface area contributed by atoms with Crippen LogP contribution in [0, 0.1) is 5.41 Å². The molecule has 0 atom stereocenters. The van der Waals surface area contributed by atoms with Gasteiger partial charge >= 0.3 is 5.92 Å². The first-order chi connectivity index (χ1) is 10.4. The third-order valence-electron chi connectivity index (χ3n) is 4.90. The molecule has 0 bridgehead atoms. The zero-order chi connectivity index (χ0) is 15.8. The fourth-order valence-corrected chi connectivity index (χ4v) is 3.60. The quantitative estimate of drug-likeness (QED) is 0.905. The molecule has 120 valence electrons. The van der Waals surface area contributed by atoms with Gasteiger partial charge in [-0.25, -0.2) is 0 Å². The fraction of sp³-hybridized carbons (Fsp3) is 0.562. The number of benzene rings is 1. The Hall–Kier alpha value is -1.20. The van der Waals surface area contributed by atoms with E-state index in [0.29, 0.717) is 13.1 Å². The Morgan fingerprint density at radius 1 is 1.27 bits per heavy atom. The lowest BCUT2D eigenvalue weighted by Crippen LogP contribution is -2.49. The van der Waals surface area contributed by atoms with E-state index in [9.17, 15) is 13.6 Å². The van der Waals surface area contributed by atoms with Crippen molar-refractivity contribution in [3.05, 3.63) is 34.9 Å². The fourth-order valence-electron chi connectivity index (χ4n) is 3.41. The molecule has 2 heterocycles. The summed E-state index contributed by atoms with van der Waals surface area (Å²) in [7, 11) is 0. The molecule has 2 aliphatic heterocycles. The van der Waals surface area contributed by atoms with Gasteiger partial charge in [-0.3, -0.25) is 4.79 Å². The van der Waals surface area contributed by atoms with Crippen LogP contribution < -0.4 is 5.32 Å². The van der Waals surface area contributed by atoms with Crippen molar-refractivity contribution in [3.63, 3.8) is 0 Å². The largest absolute Gasteiger partial charge is 0.350 e. The van der Waals surface area contributed by atoms with Crippen LogP contribution >= 0.6 is 11.6 Å². The second kappa shape index (κ2) is 5.78. The predicted molar refractivity (Wildman–Crippen MR) is 81.1 cm³/mol. The summed E-state index contributed by atoms with van der Waals surface area (Å²) in [4.78, 5) is 13.5. The average molecular weight is 329 g/mol. The number of carbonyl (C=O) groups is 1. The van der Waals surface area contributed by atoms with Crippen LogP contribution in [0.15, 0.2) is 24.3 Å². The van der Waals surface area contributed by atoms with Crippen molar-refractivity contribution in [2.45, 2.75) is 25.2 Å². The summed E-state index contributed by atoms with van der Waals surface area (Å²) in [6, 6.07) is 5.36. The number of nitrogens with zero attached hydrogens (tertiary/aromatic N) is 1. The smallest absolute Gasteiger partial charge is 0.337 e. The van der Waals surface area contributed by atoms with E-state index < -0.39 is 11.8 Å². The molecule has 0 radical (unpaired) electrons. The topological polar surface area (TPSA) is 32.3 Å². The molecule has 0 aromatic heterocycles. The maximum atomic E-state index is 14.4. The summed E-state index contributed by atoms with van der Waals surface area (Å²) in [5, 5.41) is 3.53. The number of amides is 1. The molecule has 0 unspecified atom stereocenters. The number of rotatable bonds is 2. The van der Waals surface area contributed by atoms with Crippen molar-refractivity contribution < 1.29 is 13.6 Å². The Kier molecular flexibility index (Phi) is 4.12. The second-order valence-electron chi connectivity index (χ2n) is 6.30. The lowest BCUT2D eigenvalue weighted by molar-refractivity contribution is -0.161. The van der Waals surface area contributed by atoms with E-state index in [4.69, 9.17) is 11.6 Å². The van der Waals surface area contributed by atoms with E-state index in [0.717, 1.165) is 38.4 Å². The Morgan fingerprint density at radius 3 is 2.59 bits per heavy atom. The van der Waals surface area contributed by atoms with Crippen LogP contribution in [0.2, 0.25) is 5.02 Å². The molecular weight excluding hydrogens is 310 g/mol. The van der Waals surface area contributed by atoms with E-state index in [-0.39, 0.29) is 16.0 Å². The Bertz CT molecular complexity index is 563. The number of piperidine rings is 1. The van der Waals surface area contributed by atoms with Gasteiger partial charge in [0.2, 0.25) is 0 Å². The molecule has 1 spiro atoms. The number of likely N-dealkylation sites (tertiary alicyclic amines) is 1. The zero-order valence-corrected chi connectivity index (χ0v) is 13.0. The molecule has 1 aromatic rings. The third-order valence-corrected chi connectivity index (χ3v) is 5.13. The number of hydrogen-bond acceptors (Lipinski definition) is 2. The van der Waals surface area contributed by atoms with Gasteiger partial charge in [0.15, 0.2) is 0 Å². The third kappa shape index (κ3) is 2.84. The minimum atomic E-state index is -3.52. The molecule has 3 nitrogen and oxygen atoms in total. The SMILES string of the molecule is O=C(N1CCC2(CCNC2)CC1)C(F)(F)c1cccc(Cl)c1. The van der Waals surface area contributed by atoms with Gasteiger partial charge in [0.25, 0.3) is 5.91 Å². The van der Waals surface area contributed by atoms with E-state index in [2.05, 4.69) is 5.32 Å². The molecule has 0 saturated carbocycles. The first-order valence-electron chi connectivity index (χ1n) is 7.57. The Balaban J connectivity index is 1.71. The normalized spacial score (nSPS) is 21.3. The second-order valence-corrected chi connectivity index (χ2v) is 6.74. The molecule has 0 aliphatic carbocycles. The van der Waals surface area contributed by atoms with Gasteiger partial charge in [-0.2, -0.15) is 8.78 Å². The summed E-state index contributed by atoms with van der Waals surface area (Å²) in [5.74, 6) is -4.64. The van der Waals surface area contributed by atoms with E-state index in [1.165, 1.54) is 23.1 Å². The molecule has 3 rings (SSSR count). The van der Waals surface area contributed by atoms with E-state index in [1.54, 1.807) is 0 Å².